The zero-order valence-corrected chi connectivity index (χ0v) is 13.1. The number of ether oxygens (including phenoxy) is 2. The summed E-state index contributed by atoms with van der Waals surface area (Å²) >= 11 is 0. The van der Waals surface area contributed by atoms with Gasteiger partial charge in [0.25, 0.3) is 0 Å². The molecule has 1 N–H and O–H groups in total. The Morgan fingerprint density at radius 1 is 1.18 bits per heavy atom. The first-order chi connectivity index (χ1) is 10.4. The lowest BCUT2D eigenvalue weighted by molar-refractivity contribution is -0.191. The van der Waals surface area contributed by atoms with Crippen molar-refractivity contribution in [2.45, 2.75) is 46.5 Å². The summed E-state index contributed by atoms with van der Waals surface area (Å²) in [6.07, 6.45) is 1.81. The molecule has 0 aromatic heterocycles. The van der Waals surface area contributed by atoms with Gasteiger partial charge in [-0.05, 0) is 33.1 Å². The monoisotopic (exact) mass is 314 g/mol. The first kappa shape index (κ1) is 19.9. The van der Waals surface area contributed by atoms with Gasteiger partial charge < -0.3 is 14.6 Å². The average Bonchev–Trinajstić information content (AvgIpc) is 2.49. The van der Waals surface area contributed by atoms with Gasteiger partial charge in [-0.15, -0.1) is 0 Å². The fourth-order valence-corrected chi connectivity index (χ4v) is 2.35. The minimum Gasteiger partial charge on any atom is -0.512 e. The Morgan fingerprint density at radius 3 is 2.18 bits per heavy atom. The number of carbonyl (C=O) groups excluding carboxylic acids is 4. The molecule has 0 radical (unpaired) electrons. The van der Waals surface area contributed by atoms with Crippen molar-refractivity contribution in [3.63, 3.8) is 0 Å². The molecule has 0 saturated heterocycles. The largest absolute Gasteiger partial charge is 0.512 e. The Hall–Kier alpha value is -2.14. The maximum absolute atomic E-state index is 12.1. The van der Waals surface area contributed by atoms with Crippen LogP contribution in [0.4, 0.5) is 0 Å². The van der Waals surface area contributed by atoms with E-state index in [0.29, 0.717) is 25.9 Å². The van der Waals surface area contributed by atoms with Crippen LogP contribution in [0.15, 0.2) is 11.3 Å². The van der Waals surface area contributed by atoms with Crippen LogP contribution in [0.25, 0.3) is 0 Å². The Bertz CT molecular complexity index is 461. The third-order valence-electron chi connectivity index (χ3n) is 3.61. The predicted octanol–water partition coefficient (Wildman–Crippen LogP) is 1.92. The van der Waals surface area contributed by atoms with Crippen molar-refractivity contribution in [1.82, 2.24) is 0 Å². The predicted molar refractivity (Wildman–Crippen MR) is 74.5 cm³/mol. The van der Waals surface area contributed by atoms with E-state index < -0.39 is 11.4 Å². The maximum Gasteiger partial charge on any atom is 0.373 e. The van der Waals surface area contributed by atoms with Crippen molar-refractivity contribution < 1.29 is 33.8 Å². The Kier molecular flexibility index (Phi) is 8.79. The van der Waals surface area contributed by atoms with E-state index in [0.717, 1.165) is 0 Å². The van der Waals surface area contributed by atoms with Crippen molar-refractivity contribution >= 4 is 18.1 Å². The molecule has 0 amide bonds. The molecule has 0 aliphatic heterocycles. The highest BCUT2D eigenvalue weighted by atomic mass is 16.5. The van der Waals surface area contributed by atoms with Crippen molar-refractivity contribution in [1.29, 1.82) is 0 Å². The summed E-state index contributed by atoms with van der Waals surface area (Å²) in [5, 5.41) is 9.83. The molecule has 22 heavy (non-hydrogen) atoms. The summed E-state index contributed by atoms with van der Waals surface area (Å²) in [7, 11) is 0. The van der Waals surface area contributed by atoms with E-state index >= 15 is 0 Å². The van der Waals surface area contributed by atoms with Crippen molar-refractivity contribution in [2.75, 3.05) is 13.2 Å². The molecule has 1 rings (SSSR count). The van der Waals surface area contributed by atoms with Gasteiger partial charge in [0, 0.05) is 6.42 Å². The fraction of sp³-hybridized carbons (Fsp3) is 0.667. The Morgan fingerprint density at radius 2 is 1.73 bits per heavy atom. The molecule has 7 heteroatoms. The molecule has 0 saturated carbocycles. The third-order valence-corrected chi connectivity index (χ3v) is 3.61. The van der Waals surface area contributed by atoms with Gasteiger partial charge >= 0.3 is 18.1 Å². The number of esters is 2. The van der Waals surface area contributed by atoms with Crippen LogP contribution in [0, 0.1) is 5.41 Å². The Balaban J connectivity index is 0.00000135. The second-order valence-corrected chi connectivity index (χ2v) is 4.76. The van der Waals surface area contributed by atoms with Gasteiger partial charge in [0.15, 0.2) is 0 Å². The van der Waals surface area contributed by atoms with Crippen LogP contribution in [0.3, 0.4) is 0 Å². The zero-order chi connectivity index (χ0) is 17.2. The van der Waals surface area contributed by atoms with Gasteiger partial charge in [-0.2, -0.15) is 9.59 Å². The highest BCUT2D eigenvalue weighted by Gasteiger charge is 2.44. The van der Waals surface area contributed by atoms with E-state index in [-0.39, 0.29) is 36.5 Å². The minimum absolute atomic E-state index is 0.0341. The van der Waals surface area contributed by atoms with Crippen LogP contribution in [0.5, 0.6) is 0 Å². The molecule has 1 aliphatic rings. The lowest BCUT2D eigenvalue weighted by Gasteiger charge is -2.34. The van der Waals surface area contributed by atoms with E-state index in [2.05, 4.69) is 0 Å². The lowest BCUT2D eigenvalue weighted by Crippen LogP contribution is -2.37. The average molecular weight is 314 g/mol. The van der Waals surface area contributed by atoms with Gasteiger partial charge in [0.2, 0.25) is 0 Å². The summed E-state index contributed by atoms with van der Waals surface area (Å²) in [4.78, 5) is 40.2. The van der Waals surface area contributed by atoms with Crippen molar-refractivity contribution in [2.24, 2.45) is 5.41 Å². The molecule has 7 nitrogen and oxygen atoms in total. The maximum atomic E-state index is 12.1. The molecule has 1 unspecified atom stereocenters. The van der Waals surface area contributed by atoms with E-state index in [4.69, 9.17) is 19.1 Å². The number of hydrogen-bond donors (Lipinski definition) is 1. The highest BCUT2D eigenvalue weighted by molar-refractivity contribution is 5.91. The molecule has 0 fully saturated rings. The molecule has 0 aromatic carbocycles. The van der Waals surface area contributed by atoms with Gasteiger partial charge in [-0.1, -0.05) is 6.92 Å². The molecule has 124 valence electrons. The van der Waals surface area contributed by atoms with Crippen LogP contribution in [0.1, 0.15) is 46.5 Å². The van der Waals surface area contributed by atoms with E-state index in [9.17, 15) is 14.7 Å². The summed E-state index contributed by atoms with van der Waals surface area (Å²) in [5.74, 6) is -0.805. The normalized spacial score (nSPS) is 20.3. The number of hydrogen-bond acceptors (Lipinski definition) is 7. The molecule has 0 aromatic rings. The molecule has 0 spiro atoms. The molecular weight excluding hydrogens is 292 g/mol. The van der Waals surface area contributed by atoms with Crippen LogP contribution in [-0.4, -0.2) is 36.4 Å². The van der Waals surface area contributed by atoms with E-state index in [1.807, 2.05) is 6.92 Å². The summed E-state index contributed by atoms with van der Waals surface area (Å²) in [6.45, 7) is 5.90. The molecular formula is C15H22O7. The lowest BCUT2D eigenvalue weighted by atomic mass is 9.71. The number of allylic oxidation sites excluding steroid dienone is 1. The van der Waals surface area contributed by atoms with E-state index in [1.165, 1.54) is 0 Å². The van der Waals surface area contributed by atoms with E-state index in [1.54, 1.807) is 13.8 Å². The second kappa shape index (κ2) is 9.73. The molecule has 1 atom stereocenters. The van der Waals surface area contributed by atoms with Gasteiger partial charge in [0.1, 0.15) is 5.76 Å². The van der Waals surface area contributed by atoms with Gasteiger partial charge in [-0.25, -0.2) is 4.79 Å². The Labute approximate surface area is 129 Å². The smallest absolute Gasteiger partial charge is 0.373 e. The second-order valence-electron chi connectivity index (χ2n) is 4.76. The molecule has 0 heterocycles. The van der Waals surface area contributed by atoms with Crippen molar-refractivity contribution in [3.05, 3.63) is 11.3 Å². The first-order valence-corrected chi connectivity index (χ1v) is 7.16. The number of carbonyl (C=O) groups is 2. The summed E-state index contributed by atoms with van der Waals surface area (Å²) < 4.78 is 10.0. The highest BCUT2D eigenvalue weighted by Crippen LogP contribution is 2.42. The molecule has 0 bridgehead atoms. The molecule has 1 aliphatic carbocycles. The first-order valence-electron chi connectivity index (χ1n) is 7.16. The SMILES string of the molecule is CCOC(=O)C1=C(O)CCC(CC)(C(=O)OCC)C1.O=C=O. The number of aliphatic hydroxyl groups is 1. The zero-order valence-electron chi connectivity index (χ0n) is 13.1. The topological polar surface area (TPSA) is 107 Å². The summed E-state index contributed by atoms with van der Waals surface area (Å²) in [5.41, 5.74) is -0.507. The van der Waals surface area contributed by atoms with Crippen LogP contribution < -0.4 is 0 Å². The van der Waals surface area contributed by atoms with Gasteiger partial charge in [-0.3, -0.25) is 4.79 Å². The fourth-order valence-electron chi connectivity index (χ4n) is 2.35. The minimum atomic E-state index is -0.718. The number of aliphatic hydroxyl groups excluding tert-OH is 1. The van der Waals surface area contributed by atoms with Crippen LogP contribution >= 0.6 is 0 Å². The number of rotatable bonds is 5. The quantitative estimate of drug-likeness (QED) is 0.772. The summed E-state index contributed by atoms with van der Waals surface area (Å²) in [6, 6.07) is 0. The van der Waals surface area contributed by atoms with Crippen LogP contribution in [0.2, 0.25) is 0 Å². The van der Waals surface area contributed by atoms with Gasteiger partial charge in [0.05, 0.1) is 24.2 Å². The standard InChI is InChI=1S/C14H22O5.CO2/c1-4-14(13(17)19-6-3)8-7-11(15)10(9-14)12(16)18-5-2;2-1-3/h15H,4-9H2,1-3H3;. The third kappa shape index (κ3) is 5.00. The van der Waals surface area contributed by atoms with Crippen LogP contribution in [-0.2, 0) is 28.7 Å². The van der Waals surface area contributed by atoms with Crippen molar-refractivity contribution in [3.8, 4) is 0 Å².